The number of aromatic nitrogens is 1. The van der Waals surface area contributed by atoms with Gasteiger partial charge < -0.3 is 10.0 Å². The molecule has 1 aromatic heterocycles. The predicted molar refractivity (Wildman–Crippen MR) is 71.0 cm³/mol. The van der Waals surface area contributed by atoms with Gasteiger partial charge in [0.15, 0.2) is 0 Å². The first-order valence-corrected chi connectivity index (χ1v) is 6.32. The van der Waals surface area contributed by atoms with E-state index in [9.17, 15) is 4.79 Å². The van der Waals surface area contributed by atoms with Crippen molar-refractivity contribution in [2.24, 2.45) is 11.3 Å². The molecule has 18 heavy (non-hydrogen) atoms. The maximum atomic E-state index is 10.7. The van der Waals surface area contributed by atoms with E-state index in [1.807, 2.05) is 6.07 Å². The number of carbonyl (C=O) groups is 1. The second-order valence-corrected chi connectivity index (χ2v) is 6.00. The summed E-state index contributed by atoms with van der Waals surface area (Å²) in [5.41, 5.74) is 1.44. The maximum absolute atomic E-state index is 10.7. The number of rotatable bonds is 2. The first kappa shape index (κ1) is 12.9. The largest absolute Gasteiger partial charge is 0.477 e. The molecule has 0 aliphatic carbocycles. The minimum atomic E-state index is -0.976. The van der Waals surface area contributed by atoms with Crippen LogP contribution in [-0.2, 0) is 0 Å². The normalized spacial score (nSPS) is 20.2. The van der Waals surface area contributed by atoms with Gasteiger partial charge in [-0.1, -0.05) is 20.8 Å². The average Bonchev–Trinajstić information content (AvgIpc) is 2.78. The van der Waals surface area contributed by atoms with Crippen molar-refractivity contribution in [2.75, 3.05) is 18.0 Å². The Bertz CT molecular complexity index is 434. The van der Waals surface area contributed by atoms with Crippen LogP contribution in [0.4, 0.5) is 5.69 Å². The molecule has 0 radical (unpaired) electrons. The predicted octanol–water partition coefficient (Wildman–Crippen LogP) is 2.65. The molecule has 2 heterocycles. The summed E-state index contributed by atoms with van der Waals surface area (Å²) in [6.45, 7) is 8.86. The molecule has 4 nitrogen and oxygen atoms in total. The van der Waals surface area contributed by atoms with Crippen LogP contribution >= 0.6 is 0 Å². The molecule has 1 saturated heterocycles. The smallest absolute Gasteiger partial charge is 0.354 e. The van der Waals surface area contributed by atoms with E-state index in [1.54, 1.807) is 12.3 Å². The summed E-state index contributed by atoms with van der Waals surface area (Å²) in [6.07, 6.45) is 2.85. The van der Waals surface area contributed by atoms with Crippen molar-refractivity contribution in [3.05, 3.63) is 24.0 Å². The number of pyridine rings is 1. The van der Waals surface area contributed by atoms with Crippen molar-refractivity contribution in [1.29, 1.82) is 0 Å². The Morgan fingerprint density at radius 1 is 1.44 bits per heavy atom. The van der Waals surface area contributed by atoms with Crippen molar-refractivity contribution in [1.82, 2.24) is 4.98 Å². The minimum Gasteiger partial charge on any atom is -0.477 e. The molecule has 0 bridgehead atoms. The Labute approximate surface area is 108 Å². The van der Waals surface area contributed by atoms with Crippen molar-refractivity contribution in [3.63, 3.8) is 0 Å². The van der Waals surface area contributed by atoms with Gasteiger partial charge in [-0.15, -0.1) is 0 Å². The van der Waals surface area contributed by atoms with Crippen molar-refractivity contribution in [2.45, 2.75) is 27.2 Å². The van der Waals surface area contributed by atoms with Crippen molar-refractivity contribution in [3.8, 4) is 0 Å². The summed E-state index contributed by atoms with van der Waals surface area (Å²) in [5.74, 6) is -0.299. The van der Waals surface area contributed by atoms with E-state index in [1.165, 1.54) is 6.42 Å². The van der Waals surface area contributed by atoms with Gasteiger partial charge in [0.1, 0.15) is 5.69 Å². The van der Waals surface area contributed by atoms with E-state index in [2.05, 4.69) is 30.7 Å². The fourth-order valence-electron chi connectivity index (χ4n) is 2.40. The van der Waals surface area contributed by atoms with Crippen LogP contribution in [-0.4, -0.2) is 29.1 Å². The Balaban J connectivity index is 2.08. The van der Waals surface area contributed by atoms with Crippen LogP contribution < -0.4 is 4.90 Å². The lowest BCUT2D eigenvalue weighted by Crippen LogP contribution is -2.25. The highest BCUT2D eigenvalue weighted by molar-refractivity contribution is 5.85. The summed E-state index contributed by atoms with van der Waals surface area (Å²) in [4.78, 5) is 17.0. The highest BCUT2D eigenvalue weighted by Crippen LogP contribution is 2.35. The third-order valence-electron chi connectivity index (χ3n) is 3.75. The lowest BCUT2D eigenvalue weighted by Gasteiger charge is -2.27. The molecule has 0 amide bonds. The monoisotopic (exact) mass is 248 g/mol. The highest BCUT2D eigenvalue weighted by Gasteiger charge is 2.31. The van der Waals surface area contributed by atoms with E-state index >= 15 is 0 Å². The summed E-state index contributed by atoms with van der Waals surface area (Å²) < 4.78 is 0. The van der Waals surface area contributed by atoms with Gasteiger partial charge in [0, 0.05) is 13.1 Å². The molecule has 1 aromatic rings. The molecule has 4 heteroatoms. The van der Waals surface area contributed by atoms with E-state index < -0.39 is 5.97 Å². The van der Waals surface area contributed by atoms with E-state index in [0.717, 1.165) is 18.8 Å². The number of carboxylic acids is 1. The van der Waals surface area contributed by atoms with Gasteiger partial charge in [-0.2, -0.15) is 0 Å². The molecule has 1 aliphatic rings. The van der Waals surface area contributed by atoms with Crippen LogP contribution in [0, 0.1) is 11.3 Å². The van der Waals surface area contributed by atoms with Crippen LogP contribution in [0.15, 0.2) is 18.3 Å². The van der Waals surface area contributed by atoms with Crippen molar-refractivity contribution < 1.29 is 9.90 Å². The summed E-state index contributed by atoms with van der Waals surface area (Å²) in [5, 5.41) is 8.81. The third kappa shape index (κ3) is 2.63. The minimum absolute atomic E-state index is 0.102. The lowest BCUT2D eigenvalue weighted by molar-refractivity contribution is 0.0690. The van der Waals surface area contributed by atoms with Gasteiger partial charge in [-0.25, -0.2) is 9.78 Å². The lowest BCUT2D eigenvalue weighted by atomic mass is 9.80. The zero-order chi connectivity index (χ0) is 13.3. The number of carboxylic acid groups (broad SMARTS) is 1. The first-order valence-electron chi connectivity index (χ1n) is 6.32. The number of anilines is 1. The standard InChI is InChI=1S/C14H20N2O2/c1-14(2,3)10-6-7-16(9-10)11-4-5-12(13(17)18)15-8-11/h4-5,8,10H,6-7,9H2,1-3H3,(H,17,18). The number of hydrogen-bond donors (Lipinski definition) is 1. The van der Waals surface area contributed by atoms with Crippen LogP contribution in [0.2, 0.25) is 0 Å². The van der Waals surface area contributed by atoms with Gasteiger partial charge in [-0.05, 0) is 29.9 Å². The van der Waals surface area contributed by atoms with Gasteiger partial charge in [0.2, 0.25) is 0 Å². The Kier molecular flexibility index (Phi) is 3.28. The molecule has 98 valence electrons. The summed E-state index contributed by atoms with van der Waals surface area (Å²) in [7, 11) is 0. The number of aromatic carboxylic acids is 1. The van der Waals surface area contributed by atoms with E-state index in [-0.39, 0.29) is 5.69 Å². The van der Waals surface area contributed by atoms with Crippen molar-refractivity contribution >= 4 is 11.7 Å². The molecule has 0 aromatic carbocycles. The molecule has 2 rings (SSSR count). The molecular weight excluding hydrogens is 228 g/mol. The number of hydrogen-bond acceptors (Lipinski definition) is 3. The summed E-state index contributed by atoms with van der Waals surface area (Å²) in [6, 6.07) is 3.42. The molecule has 1 atom stereocenters. The molecule has 0 spiro atoms. The maximum Gasteiger partial charge on any atom is 0.354 e. The van der Waals surface area contributed by atoms with Gasteiger partial charge in [-0.3, -0.25) is 0 Å². The van der Waals surface area contributed by atoms with Crippen LogP contribution in [0.5, 0.6) is 0 Å². The Hall–Kier alpha value is -1.58. The second kappa shape index (κ2) is 4.59. The molecular formula is C14H20N2O2. The van der Waals surface area contributed by atoms with Gasteiger partial charge in [0.25, 0.3) is 0 Å². The Morgan fingerprint density at radius 3 is 2.61 bits per heavy atom. The quantitative estimate of drug-likeness (QED) is 0.874. The van der Waals surface area contributed by atoms with E-state index in [4.69, 9.17) is 5.11 Å². The third-order valence-corrected chi connectivity index (χ3v) is 3.75. The fourth-order valence-corrected chi connectivity index (χ4v) is 2.40. The second-order valence-electron chi connectivity index (χ2n) is 6.00. The Morgan fingerprint density at radius 2 is 2.17 bits per heavy atom. The molecule has 1 fully saturated rings. The topological polar surface area (TPSA) is 53.4 Å². The van der Waals surface area contributed by atoms with Crippen LogP contribution in [0.25, 0.3) is 0 Å². The first-order chi connectivity index (χ1) is 8.38. The number of nitrogens with zero attached hydrogens (tertiary/aromatic N) is 2. The average molecular weight is 248 g/mol. The van der Waals surface area contributed by atoms with E-state index in [0.29, 0.717) is 11.3 Å². The van der Waals surface area contributed by atoms with Gasteiger partial charge >= 0.3 is 5.97 Å². The van der Waals surface area contributed by atoms with Gasteiger partial charge in [0.05, 0.1) is 11.9 Å². The summed E-state index contributed by atoms with van der Waals surface area (Å²) >= 11 is 0. The fraction of sp³-hybridized carbons (Fsp3) is 0.571. The highest BCUT2D eigenvalue weighted by atomic mass is 16.4. The molecule has 1 aliphatic heterocycles. The molecule has 1 N–H and O–H groups in total. The van der Waals surface area contributed by atoms with Crippen LogP contribution in [0.1, 0.15) is 37.7 Å². The molecule has 1 unspecified atom stereocenters. The zero-order valence-corrected chi connectivity index (χ0v) is 11.2. The zero-order valence-electron chi connectivity index (χ0n) is 11.2. The molecule has 0 saturated carbocycles. The SMILES string of the molecule is CC(C)(C)C1CCN(c2ccc(C(=O)O)nc2)C1. The van der Waals surface area contributed by atoms with Crippen LogP contribution in [0.3, 0.4) is 0 Å².